The van der Waals surface area contributed by atoms with Gasteiger partial charge in [-0.2, -0.15) is 0 Å². The van der Waals surface area contributed by atoms with Gasteiger partial charge in [-0.25, -0.2) is 0 Å². The molecule has 3 rings (SSSR count). The summed E-state index contributed by atoms with van der Waals surface area (Å²) in [5.41, 5.74) is 6.29. The van der Waals surface area contributed by atoms with E-state index in [4.69, 9.17) is 15.2 Å². The number of imide groups is 2. The summed E-state index contributed by atoms with van der Waals surface area (Å²) in [5.74, 6) is -2.11. The Balaban J connectivity index is 1.61. The third-order valence-corrected chi connectivity index (χ3v) is 4.66. The van der Waals surface area contributed by atoms with Crippen molar-refractivity contribution in [2.75, 3.05) is 44.8 Å². The molecule has 4 amide bonds. The Morgan fingerprint density at radius 3 is 2.55 bits per heavy atom. The van der Waals surface area contributed by atoms with E-state index in [1.807, 2.05) is 0 Å². The number of anilines is 1. The molecule has 10 heteroatoms. The highest BCUT2D eigenvalue weighted by Gasteiger charge is 2.45. The van der Waals surface area contributed by atoms with Crippen LogP contribution < -0.4 is 16.4 Å². The highest BCUT2D eigenvalue weighted by molar-refractivity contribution is 6.25. The summed E-state index contributed by atoms with van der Waals surface area (Å²) in [5, 5.41) is 5.28. The van der Waals surface area contributed by atoms with E-state index in [-0.39, 0.29) is 24.0 Å². The fourth-order valence-electron chi connectivity index (χ4n) is 3.33. The van der Waals surface area contributed by atoms with Crippen LogP contribution in [-0.2, 0) is 19.1 Å². The lowest BCUT2D eigenvalue weighted by Gasteiger charge is -2.27. The molecule has 29 heavy (non-hydrogen) atoms. The van der Waals surface area contributed by atoms with Crippen molar-refractivity contribution >= 4 is 29.3 Å². The maximum Gasteiger partial charge on any atom is 0.264 e. The standard InChI is InChI=1S/C19H24N4O6/c20-6-8-28-10-11-29-9-7-21-13-3-1-2-12-16(13)19(27)23(18(12)26)14-4-5-15(24)22-17(14)25/h1-3,14,21H,4-11,20H2,(H,22,24,25). The molecule has 156 valence electrons. The number of nitrogens with zero attached hydrogens (tertiary/aromatic N) is 1. The lowest BCUT2D eigenvalue weighted by Crippen LogP contribution is -2.54. The van der Waals surface area contributed by atoms with Crippen LogP contribution in [0.5, 0.6) is 0 Å². The first-order valence-electron chi connectivity index (χ1n) is 9.48. The molecule has 2 aliphatic heterocycles. The van der Waals surface area contributed by atoms with Crippen LogP contribution in [-0.4, -0.2) is 74.1 Å². The molecular weight excluding hydrogens is 380 g/mol. The van der Waals surface area contributed by atoms with E-state index in [0.717, 1.165) is 4.90 Å². The third kappa shape index (κ3) is 4.61. The normalized spacial score (nSPS) is 18.8. The molecule has 0 saturated carbocycles. The summed E-state index contributed by atoms with van der Waals surface area (Å²) in [7, 11) is 0. The Kier molecular flexibility index (Phi) is 6.91. The lowest BCUT2D eigenvalue weighted by atomic mass is 10.0. The van der Waals surface area contributed by atoms with E-state index in [9.17, 15) is 19.2 Å². The van der Waals surface area contributed by atoms with Crippen LogP contribution >= 0.6 is 0 Å². The van der Waals surface area contributed by atoms with E-state index >= 15 is 0 Å². The van der Waals surface area contributed by atoms with E-state index in [0.29, 0.717) is 45.2 Å². The van der Waals surface area contributed by atoms with Gasteiger partial charge in [-0.15, -0.1) is 0 Å². The van der Waals surface area contributed by atoms with Crippen molar-refractivity contribution in [1.82, 2.24) is 10.2 Å². The number of nitrogens with two attached hydrogens (primary N) is 1. The number of hydrogen-bond acceptors (Lipinski definition) is 8. The van der Waals surface area contributed by atoms with Crippen LogP contribution in [0.3, 0.4) is 0 Å². The van der Waals surface area contributed by atoms with Gasteiger partial charge >= 0.3 is 0 Å². The molecule has 10 nitrogen and oxygen atoms in total. The van der Waals surface area contributed by atoms with Gasteiger partial charge < -0.3 is 20.5 Å². The number of rotatable bonds is 10. The van der Waals surface area contributed by atoms with Crippen molar-refractivity contribution in [1.29, 1.82) is 0 Å². The highest BCUT2D eigenvalue weighted by atomic mass is 16.5. The number of piperidine rings is 1. The van der Waals surface area contributed by atoms with Crippen molar-refractivity contribution in [3.8, 4) is 0 Å². The topological polar surface area (TPSA) is 140 Å². The smallest absolute Gasteiger partial charge is 0.264 e. The fraction of sp³-hybridized carbons (Fsp3) is 0.474. The molecule has 1 fully saturated rings. The minimum Gasteiger partial charge on any atom is -0.382 e. The molecule has 2 aliphatic rings. The molecule has 1 aromatic carbocycles. The molecular formula is C19H24N4O6. The second kappa shape index (κ2) is 9.59. The zero-order chi connectivity index (χ0) is 20.8. The van der Waals surface area contributed by atoms with Gasteiger partial charge in [0.15, 0.2) is 0 Å². The predicted octanol–water partition coefficient (Wildman–Crippen LogP) is -0.508. The van der Waals surface area contributed by atoms with Crippen LogP contribution in [0.15, 0.2) is 18.2 Å². The number of nitrogens with one attached hydrogen (secondary N) is 2. The molecule has 1 atom stereocenters. The van der Waals surface area contributed by atoms with E-state index < -0.39 is 29.7 Å². The summed E-state index contributed by atoms with van der Waals surface area (Å²) in [6, 6.07) is 3.94. The molecule has 0 aliphatic carbocycles. The summed E-state index contributed by atoms with van der Waals surface area (Å²) >= 11 is 0. The van der Waals surface area contributed by atoms with Gasteiger partial charge in [0.25, 0.3) is 11.8 Å². The zero-order valence-electron chi connectivity index (χ0n) is 15.9. The van der Waals surface area contributed by atoms with Crippen LogP contribution in [0.4, 0.5) is 5.69 Å². The molecule has 1 saturated heterocycles. The average Bonchev–Trinajstić information content (AvgIpc) is 2.95. The molecule has 4 N–H and O–H groups in total. The van der Waals surface area contributed by atoms with Gasteiger partial charge in [-0.05, 0) is 18.6 Å². The minimum absolute atomic E-state index is 0.0846. The lowest BCUT2D eigenvalue weighted by molar-refractivity contribution is -0.136. The second-order valence-corrected chi connectivity index (χ2v) is 6.62. The van der Waals surface area contributed by atoms with Crippen LogP contribution in [0, 0.1) is 0 Å². The Morgan fingerprint density at radius 1 is 1.07 bits per heavy atom. The number of carbonyl (C=O) groups excluding carboxylic acids is 4. The number of fused-ring (bicyclic) bond motifs is 1. The Bertz CT molecular complexity index is 812. The van der Waals surface area contributed by atoms with Crippen molar-refractivity contribution in [2.45, 2.75) is 18.9 Å². The minimum atomic E-state index is -0.982. The van der Waals surface area contributed by atoms with E-state index in [1.54, 1.807) is 18.2 Å². The average molecular weight is 404 g/mol. The molecule has 0 radical (unpaired) electrons. The van der Waals surface area contributed by atoms with Gasteiger partial charge in [0.1, 0.15) is 6.04 Å². The monoisotopic (exact) mass is 404 g/mol. The molecule has 1 unspecified atom stereocenters. The molecule has 1 aromatic rings. The van der Waals surface area contributed by atoms with Gasteiger partial charge in [-0.1, -0.05) is 6.07 Å². The first-order valence-corrected chi connectivity index (χ1v) is 9.48. The molecule has 0 aromatic heterocycles. The van der Waals surface area contributed by atoms with Gasteiger partial charge in [0.2, 0.25) is 11.8 Å². The van der Waals surface area contributed by atoms with E-state index in [1.165, 1.54) is 0 Å². The Hall–Kier alpha value is -2.82. The van der Waals surface area contributed by atoms with Crippen LogP contribution in [0.2, 0.25) is 0 Å². The van der Waals surface area contributed by atoms with Crippen LogP contribution in [0.1, 0.15) is 33.6 Å². The summed E-state index contributed by atoms with van der Waals surface area (Å²) in [4.78, 5) is 50.1. The number of ether oxygens (including phenoxy) is 2. The predicted molar refractivity (Wildman–Crippen MR) is 102 cm³/mol. The van der Waals surface area contributed by atoms with Crippen LogP contribution in [0.25, 0.3) is 0 Å². The van der Waals surface area contributed by atoms with Crippen molar-refractivity contribution < 1.29 is 28.7 Å². The van der Waals surface area contributed by atoms with Gasteiger partial charge in [0.05, 0.1) is 37.6 Å². The highest BCUT2D eigenvalue weighted by Crippen LogP contribution is 2.32. The summed E-state index contributed by atoms with van der Waals surface area (Å²) in [6.07, 6.45) is 0.209. The maximum atomic E-state index is 12.9. The van der Waals surface area contributed by atoms with Gasteiger partial charge in [0, 0.05) is 25.2 Å². The second-order valence-electron chi connectivity index (χ2n) is 6.62. The van der Waals surface area contributed by atoms with Crippen molar-refractivity contribution in [3.05, 3.63) is 29.3 Å². The number of carbonyl (C=O) groups is 4. The quantitative estimate of drug-likeness (QED) is 0.350. The van der Waals surface area contributed by atoms with Crippen molar-refractivity contribution in [3.63, 3.8) is 0 Å². The Labute approximate surface area is 167 Å². The SMILES string of the molecule is NCCOCCOCCNc1cccc2c1C(=O)N(C1CCC(=O)NC1=O)C2=O. The Morgan fingerprint density at radius 2 is 1.83 bits per heavy atom. The van der Waals surface area contributed by atoms with Gasteiger partial charge in [-0.3, -0.25) is 29.4 Å². The van der Waals surface area contributed by atoms with E-state index in [2.05, 4.69) is 10.6 Å². The first kappa shape index (κ1) is 20.9. The summed E-state index contributed by atoms with van der Waals surface area (Å²) in [6.45, 7) is 2.63. The number of hydrogen-bond donors (Lipinski definition) is 3. The fourth-order valence-corrected chi connectivity index (χ4v) is 3.33. The number of benzene rings is 1. The summed E-state index contributed by atoms with van der Waals surface area (Å²) < 4.78 is 10.6. The first-order chi connectivity index (χ1) is 14.0. The maximum absolute atomic E-state index is 12.9. The van der Waals surface area contributed by atoms with Crippen molar-refractivity contribution in [2.24, 2.45) is 5.73 Å². The molecule has 0 spiro atoms. The molecule has 2 heterocycles. The zero-order valence-corrected chi connectivity index (χ0v) is 15.9. The third-order valence-electron chi connectivity index (χ3n) is 4.66. The number of amides is 4. The molecule has 0 bridgehead atoms. The largest absolute Gasteiger partial charge is 0.382 e.